The summed E-state index contributed by atoms with van der Waals surface area (Å²) in [5, 5.41) is 11.5. The van der Waals surface area contributed by atoms with Gasteiger partial charge in [0, 0.05) is 45.8 Å². The van der Waals surface area contributed by atoms with Crippen LogP contribution in [0.1, 0.15) is 22.7 Å². The number of aliphatic hydroxyl groups excluding tert-OH is 1. The van der Waals surface area contributed by atoms with E-state index in [1.54, 1.807) is 24.3 Å². The van der Waals surface area contributed by atoms with Gasteiger partial charge in [-0.15, -0.1) is 0 Å². The lowest BCUT2D eigenvalue weighted by molar-refractivity contribution is -0.140. The summed E-state index contributed by atoms with van der Waals surface area (Å²) in [6, 6.07) is 21.7. The van der Waals surface area contributed by atoms with E-state index in [-0.39, 0.29) is 22.6 Å². The molecule has 0 spiro atoms. The Bertz CT molecular complexity index is 1600. The number of rotatable bonds is 10. The molecule has 10 nitrogen and oxygen atoms in total. The molecule has 0 radical (unpaired) electrons. The molecule has 3 aromatic rings. The first-order valence-electron chi connectivity index (χ1n) is 14.0. The van der Waals surface area contributed by atoms with E-state index < -0.39 is 33.5 Å². The average molecular weight is 606 g/mol. The van der Waals surface area contributed by atoms with E-state index >= 15 is 0 Å². The van der Waals surface area contributed by atoms with E-state index in [9.17, 15) is 23.1 Å². The second-order valence-electron chi connectivity index (χ2n) is 10.6. The third kappa shape index (κ3) is 6.65. The first kappa shape index (κ1) is 30.4. The molecular weight excluding hydrogens is 570 g/mol. The summed E-state index contributed by atoms with van der Waals surface area (Å²) >= 11 is 0. The van der Waals surface area contributed by atoms with E-state index in [4.69, 9.17) is 9.47 Å². The maximum atomic E-state index is 13.5. The standard InChI is InChI=1S/C32H35N3O7S/c1-33(2)43(39,40)27-10-6-9-25(21-27)30(36)28-29(35(32(38)31(28)37)16-15-34-17-19-41-20-18-34)24-11-13-26(14-12-24)42-22-23-7-4-3-5-8-23/h3-14,21,29,36H,15-20,22H2,1-2H3/b30-28-. The maximum Gasteiger partial charge on any atom is 0.295 e. The van der Waals surface area contributed by atoms with Crippen LogP contribution >= 0.6 is 0 Å². The first-order valence-corrected chi connectivity index (χ1v) is 15.5. The molecular formula is C32H35N3O7S. The molecule has 11 heteroatoms. The number of amides is 1. The van der Waals surface area contributed by atoms with Crippen LogP contribution in [-0.4, -0.2) is 92.8 Å². The van der Waals surface area contributed by atoms with Crippen LogP contribution in [-0.2, 0) is 31.0 Å². The Morgan fingerprint density at radius 1 is 0.953 bits per heavy atom. The van der Waals surface area contributed by atoms with Crippen LogP contribution in [0.4, 0.5) is 0 Å². The molecule has 1 unspecified atom stereocenters. The Morgan fingerprint density at radius 2 is 1.65 bits per heavy atom. The summed E-state index contributed by atoms with van der Waals surface area (Å²) in [4.78, 5) is 30.5. The van der Waals surface area contributed by atoms with Crippen LogP contribution in [0.3, 0.4) is 0 Å². The minimum atomic E-state index is -3.80. The fraction of sp³-hybridized carbons (Fsp3) is 0.312. The number of Topliss-reactive ketones (excluding diaryl/α,β-unsaturated/α-hetero) is 1. The van der Waals surface area contributed by atoms with Crippen molar-refractivity contribution >= 4 is 27.5 Å². The largest absolute Gasteiger partial charge is 0.507 e. The van der Waals surface area contributed by atoms with Gasteiger partial charge in [0.1, 0.15) is 18.1 Å². The predicted molar refractivity (Wildman–Crippen MR) is 161 cm³/mol. The number of sulfonamides is 1. The number of hydrogen-bond donors (Lipinski definition) is 1. The number of ether oxygens (including phenoxy) is 2. The molecule has 2 saturated heterocycles. The van der Waals surface area contributed by atoms with Crippen LogP contribution in [0, 0.1) is 0 Å². The van der Waals surface area contributed by atoms with E-state index in [0.29, 0.717) is 37.7 Å². The average Bonchev–Trinajstić information content (AvgIpc) is 3.28. The number of morpholine rings is 1. The molecule has 2 aliphatic heterocycles. The highest BCUT2D eigenvalue weighted by Gasteiger charge is 2.46. The highest BCUT2D eigenvalue weighted by molar-refractivity contribution is 7.89. The Morgan fingerprint density at radius 3 is 2.33 bits per heavy atom. The Kier molecular flexibility index (Phi) is 9.26. The van der Waals surface area contributed by atoms with Gasteiger partial charge in [0.05, 0.1) is 29.7 Å². The number of ketones is 1. The SMILES string of the molecule is CN(C)S(=O)(=O)c1cccc(/C(O)=C2/C(=O)C(=O)N(CCN3CCOCC3)C2c2ccc(OCc3ccccc3)cc2)c1. The normalized spacial score (nSPS) is 19.2. The van der Waals surface area contributed by atoms with E-state index in [2.05, 4.69) is 4.90 Å². The number of carbonyl (C=O) groups excluding carboxylic acids is 2. The molecule has 2 heterocycles. The monoisotopic (exact) mass is 605 g/mol. The second-order valence-corrected chi connectivity index (χ2v) is 12.8. The fourth-order valence-corrected chi connectivity index (χ4v) is 6.14. The van der Waals surface area contributed by atoms with Gasteiger partial charge in [-0.3, -0.25) is 14.5 Å². The molecule has 226 valence electrons. The third-order valence-electron chi connectivity index (χ3n) is 7.63. The zero-order valence-electron chi connectivity index (χ0n) is 24.2. The quantitative estimate of drug-likeness (QED) is 0.213. The smallest absolute Gasteiger partial charge is 0.295 e. The zero-order chi connectivity index (χ0) is 30.6. The molecule has 43 heavy (non-hydrogen) atoms. The minimum absolute atomic E-state index is 0.0421. The van der Waals surface area contributed by atoms with Crippen molar-refractivity contribution in [3.8, 4) is 5.75 Å². The number of carbonyl (C=O) groups is 2. The van der Waals surface area contributed by atoms with Crippen LogP contribution in [0.15, 0.2) is 89.3 Å². The van der Waals surface area contributed by atoms with Gasteiger partial charge in [0.15, 0.2) is 0 Å². The molecule has 0 aromatic heterocycles. The van der Waals surface area contributed by atoms with Gasteiger partial charge in [-0.25, -0.2) is 12.7 Å². The number of likely N-dealkylation sites (tertiary alicyclic amines) is 1. The van der Waals surface area contributed by atoms with Crippen molar-refractivity contribution < 1.29 is 32.6 Å². The van der Waals surface area contributed by atoms with Crippen molar-refractivity contribution in [2.45, 2.75) is 17.5 Å². The van der Waals surface area contributed by atoms with Gasteiger partial charge < -0.3 is 19.5 Å². The topological polar surface area (TPSA) is 117 Å². The van der Waals surface area contributed by atoms with Gasteiger partial charge in [0.2, 0.25) is 10.0 Å². The molecule has 5 rings (SSSR count). The van der Waals surface area contributed by atoms with Gasteiger partial charge >= 0.3 is 0 Å². The van der Waals surface area contributed by atoms with E-state index in [0.717, 1.165) is 23.0 Å². The van der Waals surface area contributed by atoms with Crippen molar-refractivity contribution in [3.05, 3.63) is 101 Å². The van der Waals surface area contributed by atoms with Crippen molar-refractivity contribution in [1.29, 1.82) is 0 Å². The molecule has 0 bridgehead atoms. The van der Waals surface area contributed by atoms with E-state index in [1.807, 2.05) is 30.3 Å². The second kappa shape index (κ2) is 13.1. The Balaban J connectivity index is 1.50. The summed E-state index contributed by atoms with van der Waals surface area (Å²) in [7, 11) is -0.977. The third-order valence-corrected chi connectivity index (χ3v) is 9.44. The highest BCUT2D eigenvalue weighted by atomic mass is 32.2. The van der Waals surface area contributed by atoms with Crippen LogP contribution in [0.5, 0.6) is 5.75 Å². The van der Waals surface area contributed by atoms with Crippen molar-refractivity contribution in [1.82, 2.24) is 14.1 Å². The lowest BCUT2D eigenvalue weighted by atomic mass is 9.95. The zero-order valence-corrected chi connectivity index (χ0v) is 25.0. The highest BCUT2D eigenvalue weighted by Crippen LogP contribution is 2.40. The Hall–Kier alpha value is -4.03. The van der Waals surface area contributed by atoms with Crippen LogP contribution in [0.25, 0.3) is 5.76 Å². The first-order chi connectivity index (χ1) is 20.7. The summed E-state index contributed by atoms with van der Waals surface area (Å²) < 4.78 is 38.0. The van der Waals surface area contributed by atoms with Crippen LogP contribution in [0.2, 0.25) is 0 Å². The number of nitrogens with zero attached hydrogens (tertiary/aromatic N) is 3. The molecule has 3 aromatic carbocycles. The number of benzene rings is 3. The van der Waals surface area contributed by atoms with E-state index in [1.165, 1.54) is 43.3 Å². The van der Waals surface area contributed by atoms with Crippen LogP contribution < -0.4 is 4.74 Å². The van der Waals surface area contributed by atoms with Crippen molar-refractivity contribution in [2.75, 3.05) is 53.5 Å². The minimum Gasteiger partial charge on any atom is -0.507 e. The van der Waals surface area contributed by atoms with Crippen molar-refractivity contribution in [2.24, 2.45) is 0 Å². The molecule has 0 aliphatic carbocycles. The van der Waals surface area contributed by atoms with Gasteiger partial charge in [-0.05, 0) is 35.4 Å². The number of aliphatic hydroxyl groups is 1. The predicted octanol–water partition coefficient (Wildman–Crippen LogP) is 3.27. The fourth-order valence-electron chi connectivity index (χ4n) is 5.19. The summed E-state index contributed by atoms with van der Waals surface area (Å²) in [5.41, 5.74) is 1.67. The summed E-state index contributed by atoms with van der Waals surface area (Å²) in [6.07, 6.45) is 0. The Labute approximate surface area is 251 Å². The molecule has 1 amide bonds. The molecule has 2 aliphatic rings. The molecule has 1 atom stereocenters. The van der Waals surface area contributed by atoms with Gasteiger partial charge in [-0.2, -0.15) is 0 Å². The lowest BCUT2D eigenvalue weighted by Gasteiger charge is -2.31. The maximum absolute atomic E-state index is 13.5. The number of hydrogen-bond acceptors (Lipinski definition) is 8. The van der Waals surface area contributed by atoms with Gasteiger partial charge in [0.25, 0.3) is 11.7 Å². The lowest BCUT2D eigenvalue weighted by Crippen LogP contribution is -2.42. The molecule has 2 fully saturated rings. The molecule has 1 N–H and O–H groups in total. The molecule has 0 saturated carbocycles. The summed E-state index contributed by atoms with van der Waals surface area (Å²) in [6.45, 7) is 3.79. The van der Waals surface area contributed by atoms with Crippen molar-refractivity contribution in [3.63, 3.8) is 0 Å². The van der Waals surface area contributed by atoms with Gasteiger partial charge in [-0.1, -0.05) is 54.6 Å². The summed E-state index contributed by atoms with van der Waals surface area (Å²) in [5.74, 6) is -1.37.